The van der Waals surface area contributed by atoms with Gasteiger partial charge in [-0.3, -0.25) is 4.79 Å². The van der Waals surface area contributed by atoms with E-state index >= 15 is 0 Å². The molecule has 2 fully saturated rings. The van der Waals surface area contributed by atoms with Crippen LogP contribution in [0.1, 0.15) is 37.7 Å². The van der Waals surface area contributed by atoms with Crippen molar-refractivity contribution in [2.75, 3.05) is 26.3 Å². The van der Waals surface area contributed by atoms with E-state index < -0.39 is 0 Å². The van der Waals surface area contributed by atoms with Crippen LogP contribution in [0.25, 0.3) is 0 Å². The molecule has 2 aliphatic rings. The Morgan fingerprint density at radius 2 is 2.33 bits per heavy atom. The second kappa shape index (κ2) is 6.60. The van der Waals surface area contributed by atoms with Gasteiger partial charge in [0, 0.05) is 30.9 Å². The van der Waals surface area contributed by atoms with E-state index in [2.05, 4.69) is 16.9 Å². The van der Waals surface area contributed by atoms with E-state index in [0.29, 0.717) is 25.5 Å². The fraction of sp³-hybridized carbons (Fsp3) is 0.750. The van der Waals surface area contributed by atoms with Gasteiger partial charge in [0.1, 0.15) is 5.82 Å². The van der Waals surface area contributed by atoms with Gasteiger partial charge >= 0.3 is 0 Å². The van der Waals surface area contributed by atoms with E-state index in [4.69, 9.17) is 4.74 Å². The summed E-state index contributed by atoms with van der Waals surface area (Å²) in [4.78, 5) is 22.0. The Bertz CT molecular complexity index is 482. The Morgan fingerprint density at radius 3 is 3.00 bits per heavy atom. The highest BCUT2D eigenvalue weighted by atomic mass is 16.5. The van der Waals surface area contributed by atoms with E-state index in [-0.39, 0.29) is 5.91 Å². The molecule has 0 radical (unpaired) electrons. The summed E-state index contributed by atoms with van der Waals surface area (Å²) in [6.45, 7) is 5.12. The first kappa shape index (κ1) is 14.6. The van der Waals surface area contributed by atoms with Crippen molar-refractivity contribution in [2.45, 2.75) is 39.0 Å². The Balaban J connectivity index is 1.59. The number of amides is 1. The third kappa shape index (κ3) is 3.46. The minimum absolute atomic E-state index is 0.168. The average Bonchev–Trinajstić information content (AvgIpc) is 2.73. The zero-order chi connectivity index (χ0) is 14.7. The Kier molecular flexibility index (Phi) is 4.58. The van der Waals surface area contributed by atoms with Gasteiger partial charge in [-0.2, -0.15) is 0 Å². The number of hydrogen-bond acceptors (Lipinski definition) is 3. The van der Waals surface area contributed by atoms with E-state index in [1.165, 1.54) is 19.3 Å². The van der Waals surface area contributed by atoms with Gasteiger partial charge in [-0.1, -0.05) is 26.2 Å². The van der Waals surface area contributed by atoms with Gasteiger partial charge in [0.2, 0.25) is 5.91 Å². The molecule has 1 amide bonds. The maximum absolute atomic E-state index is 12.5. The van der Waals surface area contributed by atoms with Gasteiger partial charge < -0.3 is 14.6 Å². The zero-order valence-corrected chi connectivity index (χ0v) is 12.8. The molecule has 1 atom stereocenters. The predicted molar refractivity (Wildman–Crippen MR) is 79.9 cm³/mol. The summed E-state index contributed by atoms with van der Waals surface area (Å²) in [5.74, 6) is 2.23. The smallest absolute Gasteiger partial charge is 0.230 e. The number of aryl methyl sites for hydroxylation is 1. The van der Waals surface area contributed by atoms with Crippen LogP contribution < -0.4 is 0 Å². The van der Waals surface area contributed by atoms with Crippen LogP contribution in [0.2, 0.25) is 0 Å². The summed E-state index contributed by atoms with van der Waals surface area (Å²) >= 11 is 0. The molecule has 0 aromatic carbocycles. The molecule has 5 heteroatoms. The highest BCUT2D eigenvalue weighted by Crippen LogP contribution is 2.34. The van der Waals surface area contributed by atoms with Crippen LogP contribution in [0.3, 0.4) is 0 Å². The van der Waals surface area contributed by atoms with Crippen LogP contribution in [-0.2, 0) is 22.4 Å². The Hall–Kier alpha value is -1.36. The van der Waals surface area contributed by atoms with E-state index in [9.17, 15) is 4.79 Å². The highest BCUT2D eigenvalue weighted by molar-refractivity contribution is 5.78. The molecule has 1 aliphatic carbocycles. The van der Waals surface area contributed by atoms with Crippen molar-refractivity contribution in [1.82, 2.24) is 14.9 Å². The van der Waals surface area contributed by atoms with Crippen LogP contribution in [0, 0.1) is 11.8 Å². The molecule has 2 heterocycles. The van der Waals surface area contributed by atoms with Crippen molar-refractivity contribution < 1.29 is 9.53 Å². The normalized spacial score (nSPS) is 23.7. The van der Waals surface area contributed by atoms with Crippen molar-refractivity contribution >= 4 is 5.91 Å². The number of ether oxygens (including phenoxy) is 1. The first-order valence-corrected chi connectivity index (χ1v) is 8.14. The van der Waals surface area contributed by atoms with Crippen LogP contribution in [0.5, 0.6) is 0 Å². The molecule has 1 saturated heterocycles. The van der Waals surface area contributed by atoms with Gasteiger partial charge in [0.15, 0.2) is 0 Å². The lowest BCUT2D eigenvalue weighted by Gasteiger charge is -2.34. The minimum atomic E-state index is 0.168. The number of aromatic amines is 1. The van der Waals surface area contributed by atoms with Crippen molar-refractivity contribution in [2.24, 2.45) is 11.8 Å². The van der Waals surface area contributed by atoms with Gasteiger partial charge in [0.25, 0.3) is 0 Å². The van der Waals surface area contributed by atoms with E-state index in [0.717, 1.165) is 37.0 Å². The monoisotopic (exact) mass is 291 g/mol. The molecule has 1 aromatic heterocycles. The van der Waals surface area contributed by atoms with Crippen LogP contribution in [0.4, 0.5) is 0 Å². The molecular formula is C16H25N3O2. The van der Waals surface area contributed by atoms with E-state index in [1.807, 2.05) is 11.1 Å². The molecule has 21 heavy (non-hydrogen) atoms. The van der Waals surface area contributed by atoms with E-state index in [1.54, 1.807) is 0 Å². The molecule has 1 aromatic rings. The first-order valence-electron chi connectivity index (χ1n) is 8.14. The molecule has 0 bridgehead atoms. The lowest BCUT2D eigenvalue weighted by atomic mass is 9.76. The Morgan fingerprint density at radius 1 is 1.48 bits per heavy atom. The van der Waals surface area contributed by atoms with Gasteiger partial charge in [0.05, 0.1) is 19.6 Å². The van der Waals surface area contributed by atoms with Crippen LogP contribution >= 0.6 is 0 Å². The van der Waals surface area contributed by atoms with Gasteiger partial charge in [-0.15, -0.1) is 0 Å². The predicted octanol–water partition coefficient (Wildman–Crippen LogP) is 1.79. The molecule has 5 nitrogen and oxygen atoms in total. The molecule has 1 aliphatic heterocycles. The fourth-order valence-electron chi connectivity index (χ4n) is 3.19. The number of rotatable bonds is 4. The summed E-state index contributed by atoms with van der Waals surface area (Å²) in [5.41, 5.74) is 1.09. The largest absolute Gasteiger partial charge is 0.379 e. The van der Waals surface area contributed by atoms with Crippen LogP contribution in [-0.4, -0.2) is 47.1 Å². The van der Waals surface area contributed by atoms with Crippen molar-refractivity contribution in [3.05, 3.63) is 17.7 Å². The quantitative estimate of drug-likeness (QED) is 0.920. The SMILES string of the molecule is CCc1cnc(CC(=O)N2CCOCC(C3CCC3)C2)[nH]1. The van der Waals surface area contributed by atoms with Crippen molar-refractivity contribution in [3.63, 3.8) is 0 Å². The minimum Gasteiger partial charge on any atom is -0.379 e. The fourth-order valence-corrected chi connectivity index (χ4v) is 3.19. The second-order valence-corrected chi connectivity index (χ2v) is 6.25. The Labute approximate surface area is 126 Å². The third-order valence-electron chi connectivity index (χ3n) is 4.84. The standard InChI is InChI=1S/C16H25N3O2/c1-2-14-9-17-15(18-14)8-16(20)19-6-7-21-11-13(10-19)12-4-3-5-12/h9,12-13H,2-8,10-11H2,1H3,(H,17,18). The number of H-pyrrole nitrogens is 1. The van der Waals surface area contributed by atoms with Crippen LogP contribution in [0.15, 0.2) is 6.20 Å². The molecule has 116 valence electrons. The lowest BCUT2D eigenvalue weighted by molar-refractivity contribution is -0.131. The number of nitrogens with zero attached hydrogens (tertiary/aromatic N) is 2. The maximum atomic E-state index is 12.5. The summed E-state index contributed by atoms with van der Waals surface area (Å²) in [6.07, 6.45) is 7.05. The highest BCUT2D eigenvalue weighted by Gasteiger charge is 2.31. The number of hydrogen-bond donors (Lipinski definition) is 1. The summed E-state index contributed by atoms with van der Waals surface area (Å²) in [6, 6.07) is 0. The summed E-state index contributed by atoms with van der Waals surface area (Å²) in [5, 5.41) is 0. The number of imidazole rings is 1. The molecule has 1 N–H and O–H groups in total. The van der Waals surface area contributed by atoms with Gasteiger partial charge in [-0.05, 0) is 12.3 Å². The third-order valence-corrected chi connectivity index (χ3v) is 4.84. The molecule has 1 unspecified atom stereocenters. The lowest BCUT2D eigenvalue weighted by Crippen LogP contribution is -2.40. The molecule has 1 saturated carbocycles. The molecule has 3 rings (SSSR count). The average molecular weight is 291 g/mol. The maximum Gasteiger partial charge on any atom is 0.230 e. The number of carbonyl (C=O) groups is 1. The second-order valence-electron chi connectivity index (χ2n) is 6.25. The summed E-state index contributed by atoms with van der Waals surface area (Å²) in [7, 11) is 0. The summed E-state index contributed by atoms with van der Waals surface area (Å²) < 4.78 is 5.70. The molecular weight excluding hydrogens is 266 g/mol. The first-order chi connectivity index (χ1) is 10.3. The van der Waals surface area contributed by atoms with Crippen molar-refractivity contribution in [1.29, 1.82) is 0 Å². The number of nitrogens with one attached hydrogen (secondary N) is 1. The van der Waals surface area contributed by atoms with Crippen molar-refractivity contribution in [3.8, 4) is 0 Å². The van der Waals surface area contributed by atoms with Gasteiger partial charge in [-0.25, -0.2) is 4.98 Å². The number of carbonyl (C=O) groups excluding carboxylic acids is 1. The zero-order valence-electron chi connectivity index (χ0n) is 12.8. The topological polar surface area (TPSA) is 58.2 Å². The molecule has 0 spiro atoms. The number of aromatic nitrogens is 2.